The highest BCUT2D eigenvalue weighted by Gasteiger charge is 2.22. The number of thiophene rings is 1. The van der Waals surface area contributed by atoms with E-state index >= 15 is 0 Å². The van der Waals surface area contributed by atoms with Crippen molar-refractivity contribution in [3.05, 3.63) is 61.8 Å². The molecule has 0 aliphatic carbocycles. The van der Waals surface area contributed by atoms with E-state index in [0.717, 1.165) is 4.88 Å². The summed E-state index contributed by atoms with van der Waals surface area (Å²) in [6.07, 6.45) is 0.511. The van der Waals surface area contributed by atoms with Gasteiger partial charge in [0.1, 0.15) is 11.4 Å². The molecule has 0 fully saturated rings. The first-order chi connectivity index (χ1) is 13.8. The number of benzene rings is 1. The van der Waals surface area contributed by atoms with Crippen molar-refractivity contribution in [2.75, 3.05) is 18.6 Å². The molecule has 0 aliphatic rings. The van der Waals surface area contributed by atoms with Crippen molar-refractivity contribution >= 4 is 33.9 Å². The van der Waals surface area contributed by atoms with Gasteiger partial charge in [-0.15, -0.1) is 11.3 Å². The second kappa shape index (κ2) is 8.78. The molecule has 1 aromatic carbocycles. The molecule has 7 heteroatoms. The fourth-order valence-electron chi connectivity index (χ4n) is 3.34. The highest BCUT2D eigenvalue weighted by Crippen LogP contribution is 2.26. The van der Waals surface area contributed by atoms with E-state index in [2.05, 4.69) is 4.98 Å². The summed E-state index contributed by atoms with van der Waals surface area (Å²) in [5, 5.41) is 2.12. The number of anilines is 1. The molecule has 0 radical (unpaired) electrons. The number of nitrogens with one attached hydrogen (secondary N) is 1. The number of aromatic nitrogens is 1. The zero-order valence-corrected chi connectivity index (χ0v) is 17.9. The number of carbonyl (C=O) groups excluding carboxylic acids is 1. The number of nitrogens with zero attached hydrogens (tertiary/aromatic N) is 1. The average Bonchev–Trinajstić information content (AvgIpc) is 3.14. The molecular formula is C22H25FN2O3S. The molecule has 0 amide bonds. The van der Waals surface area contributed by atoms with E-state index in [1.165, 1.54) is 6.07 Å². The number of ether oxygens (including phenoxy) is 1. The minimum absolute atomic E-state index is 0.0351. The van der Waals surface area contributed by atoms with Crippen molar-refractivity contribution in [2.24, 2.45) is 5.92 Å². The van der Waals surface area contributed by atoms with Crippen LogP contribution in [0.2, 0.25) is 0 Å². The number of fused-ring (bicyclic) bond motifs is 1. The van der Waals surface area contributed by atoms with Crippen LogP contribution in [0.5, 0.6) is 0 Å². The van der Waals surface area contributed by atoms with Gasteiger partial charge >= 0.3 is 5.97 Å². The lowest BCUT2D eigenvalue weighted by molar-refractivity contribution is 0.0523. The van der Waals surface area contributed by atoms with Crippen LogP contribution in [0.4, 0.5) is 10.1 Å². The van der Waals surface area contributed by atoms with Gasteiger partial charge in [0.25, 0.3) is 0 Å². The lowest BCUT2D eigenvalue weighted by Gasteiger charge is -2.20. The Kier molecular flexibility index (Phi) is 6.37. The molecule has 0 atom stereocenters. The predicted molar refractivity (Wildman–Crippen MR) is 115 cm³/mol. The summed E-state index contributed by atoms with van der Waals surface area (Å²) in [5.74, 6) is -0.961. The summed E-state index contributed by atoms with van der Waals surface area (Å²) in [4.78, 5) is 31.6. The van der Waals surface area contributed by atoms with Gasteiger partial charge in [0.15, 0.2) is 0 Å². The van der Waals surface area contributed by atoms with E-state index in [4.69, 9.17) is 4.74 Å². The van der Waals surface area contributed by atoms with Crippen molar-refractivity contribution < 1.29 is 13.9 Å². The number of rotatable bonds is 7. The first-order valence-corrected chi connectivity index (χ1v) is 10.5. The summed E-state index contributed by atoms with van der Waals surface area (Å²) in [6.45, 7) is 6.41. The molecule has 0 aliphatic heterocycles. The minimum atomic E-state index is -0.675. The van der Waals surface area contributed by atoms with Gasteiger partial charge < -0.3 is 14.6 Å². The number of carbonyl (C=O) groups is 1. The molecule has 3 aromatic rings. The van der Waals surface area contributed by atoms with Gasteiger partial charge in [-0.1, -0.05) is 19.9 Å². The number of pyridine rings is 1. The highest BCUT2D eigenvalue weighted by molar-refractivity contribution is 7.09. The Morgan fingerprint density at radius 1 is 1.34 bits per heavy atom. The molecule has 1 N–H and O–H groups in total. The third-order valence-corrected chi connectivity index (χ3v) is 5.48. The first kappa shape index (κ1) is 21.0. The Balaban J connectivity index is 2.13. The predicted octanol–water partition coefficient (Wildman–Crippen LogP) is 4.74. The number of aromatic amines is 1. The molecule has 0 bridgehead atoms. The van der Waals surface area contributed by atoms with E-state index in [1.54, 1.807) is 29.2 Å². The Labute approximate surface area is 173 Å². The van der Waals surface area contributed by atoms with Crippen LogP contribution in [0, 0.1) is 11.7 Å². The maximum atomic E-state index is 14.9. The number of esters is 1. The van der Waals surface area contributed by atoms with Crippen LogP contribution in [0.3, 0.4) is 0 Å². The van der Waals surface area contributed by atoms with Crippen LogP contribution in [-0.4, -0.2) is 24.6 Å². The van der Waals surface area contributed by atoms with Crippen LogP contribution in [0.15, 0.2) is 34.4 Å². The SMILES string of the molecule is CCOC(=O)c1c(CC(C)C)[nH]c2cc(N(C)Cc3cccs3)c(F)cc2c1=O. The van der Waals surface area contributed by atoms with Crippen LogP contribution < -0.4 is 10.3 Å². The Morgan fingerprint density at radius 2 is 2.10 bits per heavy atom. The van der Waals surface area contributed by atoms with Gasteiger partial charge in [-0.25, -0.2) is 9.18 Å². The van der Waals surface area contributed by atoms with E-state index < -0.39 is 17.2 Å². The van der Waals surface area contributed by atoms with Crippen LogP contribution >= 0.6 is 11.3 Å². The average molecular weight is 417 g/mol. The quantitative estimate of drug-likeness (QED) is 0.565. The van der Waals surface area contributed by atoms with Gasteiger partial charge in [-0.2, -0.15) is 0 Å². The van der Waals surface area contributed by atoms with E-state index in [1.807, 2.05) is 38.4 Å². The summed E-state index contributed by atoms with van der Waals surface area (Å²) >= 11 is 1.60. The molecule has 154 valence electrons. The van der Waals surface area contributed by atoms with Crippen molar-refractivity contribution in [3.8, 4) is 0 Å². The molecule has 0 saturated carbocycles. The number of H-pyrrole nitrogens is 1. The van der Waals surface area contributed by atoms with Crippen molar-refractivity contribution in [1.82, 2.24) is 4.98 Å². The molecule has 5 nitrogen and oxygen atoms in total. The molecule has 2 aromatic heterocycles. The number of halogens is 1. The van der Waals surface area contributed by atoms with Crippen molar-refractivity contribution in [2.45, 2.75) is 33.7 Å². The van der Waals surface area contributed by atoms with Gasteiger partial charge in [0.2, 0.25) is 5.43 Å². The summed E-state index contributed by atoms with van der Waals surface area (Å²) in [5.41, 5.74) is 0.884. The molecular weight excluding hydrogens is 391 g/mol. The molecule has 0 unspecified atom stereocenters. The monoisotopic (exact) mass is 416 g/mol. The van der Waals surface area contributed by atoms with Crippen molar-refractivity contribution in [1.29, 1.82) is 0 Å². The Morgan fingerprint density at radius 3 is 2.72 bits per heavy atom. The summed E-state index contributed by atoms with van der Waals surface area (Å²) < 4.78 is 19.9. The minimum Gasteiger partial charge on any atom is -0.462 e. The standard InChI is InChI=1S/C22H25FN2O3S/c1-5-28-22(27)20-18(9-13(2)3)24-17-11-19(16(23)10-15(17)21(20)26)25(4)12-14-7-6-8-29-14/h6-8,10-11,13H,5,9,12H2,1-4H3,(H,24,26). The third-order valence-electron chi connectivity index (χ3n) is 4.62. The van der Waals surface area contributed by atoms with Crippen LogP contribution in [-0.2, 0) is 17.7 Å². The van der Waals surface area contributed by atoms with Gasteiger partial charge in [0.05, 0.1) is 24.4 Å². The summed E-state index contributed by atoms with van der Waals surface area (Å²) in [7, 11) is 1.81. The van der Waals surface area contributed by atoms with E-state index in [0.29, 0.717) is 29.9 Å². The first-order valence-electron chi connectivity index (χ1n) is 9.60. The van der Waals surface area contributed by atoms with E-state index in [9.17, 15) is 14.0 Å². The normalized spacial score (nSPS) is 11.2. The second-order valence-corrected chi connectivity index (χ2v) is 8.44. The fourth-order valence-corrected chi connectivity index (χ4v) is 4.10. The lowest BCUT2D eigenvalue weighted by atomic mass is 10.0. The van der Waals surface area contributed by atoms with Gasteiger partial charge in [-0.05, 0) is 42.8 Å². The smallest absolute Gasteiger partial charge is 0.343 e. The Bertz CT molecular complexity index is 1070. The highest BCUT2D eigenvalue weighted by atomic mass is 32.1. The topological polar surface area (TPSA) is 62.4 Å². The molecule has 0 saturated heterocycles. The van der Waals surface area contributed by atoms with Gasteiger partial charge in [-0.3, -0.25) is 4.79 Å². The molecule has 29 heavy (non-hydrogen) atoms. The molecule has 2 heterocycles. The number of hydrogen-bond donors (Lipinski definition) is 1. The zero-order chi connectivity index (χ0) is 21.1. The van der Waals surface area contributed by atoms with Crippen LogP contribution in [0.1, 0.15) is 41.7 Å². The van der Waals surface area contributed by atoms with Crippen molar-refractivity contribution in [3.63, 3.8) is 0 Å². The number of hydrogen-bond acceptors (Lipinski definition) is 5. The van der Waals surface area contributed by atoms with Gasteiger partial charge in [0, 0.05) is 23.0 Å². The Hall–Kier alpha value is -2.67. The maximum Gasteiger partial charge on any atom is 0.343 e. The largest absolute Gasteiger partial charge is 0.462 e. The summed E-state index contributed by atoms with van der Waals surface area (Å²) in [6, 6.07) is 6.79. The maximum absolute atomic E-state index is 14.9. The second-order valence-electron chi connectivity index (χ2n) is 7.41. The lowest BCUT2D eigenvalue weighted by Crippen LogP contribution is -2.23. The molecule has 0 spiro atoms. The van der Waals surface area contributed by atoms with Crippen LogP contribution in [0.25, 0.3) is 10.9 Å². The molecule has 3 rings (SSSR count). The third kappa shape index (κ3) is 4.50. The zero-order valence-electron chi connectivity index (χ0n) is 17.0. The van der Waals surface area contributed by atoms with E-state index in [-0.39, 0.29) is 23.5 Å². The fraction of sp³-hybridized carbons (Fsp3) is 0.364.